The first kappa shape index (κ1) is 13.4. The fourth-order valence-electron chi connectivity index (χ4n) is 1.84. The average molecular weight is 250 g/mol. The van der Waals surface area contributed by atoms with Gasteiger partial charge < -0.3 is 14.2 Å². The van der Waals surface area contributed by atoms with E-state index in [1.54, 1.807) is 0 Å². The van der Waals surface area contributed by atoms with Crippen molar-refractivity contribution in [2.75, 3.05) is 0 Å². The van der Waals surface area contributed by atoms with E-state index in [-0.39, 0.29) is 5.60 Å². The van der Waals surface area contributed by atoms with Gasteiger partial charge in [0.1, 0.15) is 5.75 Å². The molecule has 0 fully saturated rings. The lowest BCUT2D eigenvalue weighted by Crippen LogP contribution is -2.35. The standard InChI is InChI=1S/C15H22O3/c1-14(2,3)16-9-11-7-6-8-13-12(11)10-17-15(4,5)18-13/h6-8H,9-10H2,1-5H3. The Morgan fingerprint density at radius 2 is 2.00 bits per heavy atom. The molecule has 100 valence electrons. The van der Waals surface area contributed by atoms with Gasteiger partial charge in [-0.3, -0.25) is 0 Å². The quantitative estimate of drug-likeness (QED) is 0.802. The summed E-state index contributed by atoms with van der Waals surface area (Å²) in [5, 5.41) is 0. The number of benzene rings is 1. The Morgan fingerprint density at radius 3 is 2.67 bits per heavy atom. The molecule has 0 bridgehead atoms. The minimum atomic E-state index is -0.545. The van der Waals surface area contributed by atoms with Gasteiger partial charge >= 0.3 is 0 Å². The maximum Gasteiger partial charge on any atom is 0.205 e. The fraction of sp³-hybridized carbons (Fsp3) is 0.600. The van der Waals surface area contributed by atoms with Crippen LogP contribution in [0, 0.1) is 0 Å². The van der Waals surface area contributed by atoms with Crippen LogP contribution in [0.3, 0.4) is 0 Å². The van der Waals surface area contributed by atoms with Crippen LogP contribution in [-0.4, -0.2) is 11.4 Å². The van der Waals surface area contributed by atoms with E-state index in [4.69, 9.17) is 14.2 Å². The lowest BCUT2D eigenvalue weighted by Gasteiger charge is -2.33. The second-order valence-corrected chi connectivity index (χ2v) is 6.09. The molecule has 0 radical (unpaired) electrons. The van der Waals surface area contributed by atoms with Gasteiger partial charge in [-0.05, 0) is 32.4 Å². The molecule has 1 aliphatic heterocycles. The highest BCUT2D eigenvalue weighted by Gasteiger charge is 2.28. The Morgan fingerprint density at radius 1 is 1.28 bits per heavy atom. The summed E-state index contributed by atoms with van der Waals surface area (Å²) in [7, 11) is 0. The first-order valence-corrected chi connectivity index (χ1v) is 6.34. The summed E-state index contributed by atoms with van der Waals surface area (Å²) >= 11 is 0. The van der Waals surface area contributed by atoms with Crippen LogP contribution >= 0.6 is 0 Å². The summed E-state index contributed by atoms with van der Waals surface area (Å²) in [4.78, 5) is 0. The van der Waals surface area contributed by atoms with Crippen molar-refractivity contribution in [1.29, 1.82) is 0 Å². The molecular weight excluding hydrogens is 228 g/mol. The highest BCUT2D eigenvalue weighted by atomic mass is 16.7. The molecule has 1 aromatic rings. The van der Waals surface area contributed by atoms with Crippen LogP contribution in [-0.2, 0) is 22.7 Å². The van der Waals surface area contributed by atoms with E-state index in [2.05, 4.69) is 26.8 Å². The molecule has 1 heterocycles. The molecule has 3 nitrogen and oxygen atoms in total. The highest BCUT2D eigenvalue weighted by molar-refractivity contribution is 5.40. The van der Waals surface area contributed by atoms with E-state index >= 15 is 0 Å². The molecule has 0 spiro atoms. The van der Waals surface area contributed by atoms with Crippen molar-refractivity contribution in [2.45, 2.75) is 59.2 Å². The normalized spacial score (nSPS) is 18.1. The zero-order chi connectivity index (χ0) is 13.4. The predicted molar refractivity (Wildman–Crippen MR) is 70.5 cm³/mol. The number of ether oxygens (including phenoxy) is 3. The van der Waals surface area contributed by atoms with Gasteiger partial charge in [0.2, 0.25) is 5.79 Å². The van der Waals surface area contributed by atoms with Crippen LogP contribution in [0.4, 0.5) is 0 Å². The second-order valence-electron chi connectivity index (χ2n) is 6.09. The van der Waals surface area contributed by atoms with Gasteiger partial charge in [-0.15, -0.1) is 0 Å². The topological polar surface area (TPSA) is 27.7 Å². The van der Waals surface area contributed by atoms with Gasteiger partial charge in [0.25, 0.3) is 0 Å². The molecular formula is C15H22O3. The summed E-state index contributed by atoms with van der Waals surface area (Å²) in [6, 6.07) is 6.05. The van der Waals surface area contributed by atoms with Gasteiger partial charge in [0.15, 0.2) is 0 Å². The number of rotatable bonds is 2. The molecule has 0 atom stereocenters. The van der Waals surface area contributed by atoms with Crippen molar-refractivity contribution in [3.63, 3.8) is 0 Å². The SMILES string of the molecule is CC(C)(C)OCc1cccc2c1COC(C)(C)O2. The Bertz CT molecular complexity index is 430. The molecule has 0 aromatic heterocycles. The van der Waals surface area contributed by atoms with Crippen LogP contribution in [0.25, 0.3) is 0 Å². The number of fused-ring (bicyclic) bond motifs is 1. The molecule has 0 amide bonds. The van der Waals surface area contributed by atoms with Crippen molar-refractivity contribution >= 4 is 0 Å². The predicted octanol–water partition coefficient (Wildman–Crippen LogP) is 3.65. The molecule has 2 rings (SSSR count). The molecule has 0 N–H and O–H groups in total. The molecule has 1 aromatic carbocycles. The van der Waals surface area contributed by atoms with Crippen molar-refractivity contribution in [3.05, 3.63) is 29.3 Å². The van der Waals surface area contributed by atoms with Crippen LogP contribution in [0.15, 0.2) is 18.2 Å². The maximum absolute atomic E-state index is 5.82. The van der Waals surface area contributed by atoms with Crippen LogP contribution in [0.5, 0.6) is 5.75 Å². The minimum absolute atomic E-state index is 0.140. The van der Waals surface area contributed by atoms with E-state index in [0.717, 1.165) is 16.9 Å². The second kappa shape index (κ2) is 4.56. The smallest absolute Gasteiger partial charge is 0.205 e. The zero-order valence-corrected chi connectivity index (χ0v) is 11.9. The first-order chi connectivity index (χ1) is 8.27. The van der Waals surface area contributed by atoms with Gasteiger partial charge in [0, 0.05) is 19.4 Å². The van der Waals surface area contributed by atoms with Gasteiger partial charge in [0.05, 0.1) is 18.8 Å². The van der Waals surface area contributed by atoms with Crippen LogP contribution in [0.2, 0.25) is 0 Å². The van der Waals surface area contributed by atoms with Crippen molar-refractivity contribution < 1.29 is 14.2 Å². The Kier molecular flexibility index (Phi) is 3.39. The first-order valence-electron chi connectivity index (χ1n) is 6.34. The zero-order valence-electron chi connectivity index (χ0n) is 11.9. The van der Waals surface area contributed by atoms with Crippen LogP contribution in [0.1, 0.15) is 45.7 Å². The number of hydrogen-bond donors (Lipinski definition) is 0. The number of hydrogen-bond acceptors (Lipinski definition) is 3. The molecule has 1 aliphatic rings. The summed E-state index contributed by atoms with van der Waals surface area (Å²) in [6.45, 7) is 11.2. The highest BCUT2D eigenvalue weighted by Crippen LogP contribution is 2.33. The molecule has 0 unspecified atom stereocenters. The molecule has 0 aliphatic carbocycles. The van der Waals surface area contributed by atoms with E-state index in [9.17, 15) is 0 Å². The van der Waals surface area contributed by atoms with Crippen LogP contribution < -0.4 is 4.74 Å². The third-order valence-electron chi connectivity index (χ3n) is 2.81. The van der Waals surface area contributed by atoms with Crippen molar-refractivity contribution in [1.82, 2.24) is 0 Å². The maximum atomic E-state index is 5.82. The minimum Gasteiger partial charge on any atom is -0.463 e. The summed E-state index contributed by atoms with van der Waals surface area (Å²) in [6.07, 6.45) is 0. The Balaban J connectivity index is 2.19. The summed E-state index contributed by atoms with van der Waals surface area (Å²) in [5.74, 6) is 0.359. The summed E-state index contributed by atoms with van der Waals surface area (Å²) in [5.41, 5.74) is 2.09. The average Bonchev–Trinajstić information content (AvgIpc) is 2.23. The largest absolute Gasteiger partial charge is 0.463 e. The van der Waals surface area contributed by atoms with E-state index in [1.165, 1.54) is 0 Å². The fourth-order valence-corrected chi connectivity index (χ4v) is 1.84. The lowest BCUT2D eigenvalue weighted by molar-refractivity contribution is -0.180. The van der Waals surface area contributed by atoms with E-state index in [0.29, 0.717) is 13.2 Å². The molecule has 18 heavy (non-hydrogen) atoms. The van der Waals surface area contributed by atoms with E-state index in [1.807, 2.05) is 26.0 Å². The lowest BCUT2D eigenvalue weighted by atomic mass is 10.1. The molecule has 3 heteroatoms. The Hall–Kier alpha value is -1.06. The van der Waals surface area contributed by atoms with Crippen molar-refractivity contribution in [3.8, 4) is 5.75 Å². The van der Waals surface area contributed by atoms with Crippen molar-refractivity contribution in [2.24, 2.45) is 0 Å². The molecule has 0 saturated carbocycles. The molecule has 0 saturated heterocycles. The third-order valence-corrected chi connectivity index (χ3v) is 2.81. The van der Waals surface area contributed by atoms with Gasteiger partial charge in [-0.25, -0.2) is 0 Å². The van der Waals surface area contributed by atoms with Gasteiger partial charge in [-0.2, -0.15) is 0 Å². The third kappa shape index (κ3) is 3.24. The van der Waals surface area contributed by atoms with E-state index < -0.39 is 5.79 Å². The van der Waals surface area contributed by atoms with Gasteiger partial charge in [-0.1, -0.05) is 12.1 Å². The summed E-state index contributed by atoms with van der Waals surface area (Å²) < 4.78 is 17.3. The Labute approximate surface area is 109 Å². The monoisotopic (exact) mass is 250 g/mol.